The number of nitrogens with zero attached hydrogens (tertiary/aromatic N) is 2. The minimum atomic E-state index is -0.235. The molecular weight excluding hydrogens is 402 g/mol. The molecule has 0 aliphatic heterocycles. The van der Waals surface area contributed by atoms with E-state index in [1.807, 2.05) is 73.7 Å². The summed E-state index contributed by atoms with van der Waals surface area (Å²) < 4.78 is 0. The van der Waals surface area contributed by atoms with Gasteiger partial charge in [0.15, 0.2) is 0 Å². The Bertz CT molecular complexity index is 1320. The number of amides is 2. The van der Waals surface area contributed by atoms with E-state index in [-0.39, 0.29) is 17.8 Å². The average Bonchev–Trinajstić information content (AvgIpc) is 2.73. The summed E-state index contributed by atoms with van der Waals surface area (Å²) in [6.07, 6.45) is 0. The number of rotatable bonds is 5. The summed E-state index contributed by atoms with van der Waals surface area (Å²) in [5, 5.41) is 9.62. The third-order valence-corrected chi connectivity index (χ3v) is 4.80. The van der Waals surface area contributed by atoms with Crippen LogP contribution in [-0.4, -0.2) is 21.8 Å². The van der Waals surface area contributed by atoms with Crippen LogP contribution in [0.15, 0.2) is 66.7 Å². The zero-order chi connectivity index (χ0) is 22.7. The van der Waals surface area contributed by atoms with E-state index in [4.69, 9.17) is 0 Å². The molecule has 7 nitrogen and oxygen atoms in total. The van der Waals surface area contributed by atoms with Crippen molar-refractivity contribution in [2.24, 2.45) is 0 Å². The van der Waals surface area contributed by atoms with Crippen molar-refractivity contribution in [2.75, 3.05) is 16.0 Å². The number of carbonyl (C=O) groups excluding carboxylic acids is 2. The third-order valence-electron chi connectivity index (χ3n) is 4.80. The van der Waals surface area contributed by atoms with Crippen LogP contribution in [0.3, 0.4) is 0 Å². The van der Waals surface area contributed by atoms with Crippen molar-refractivity contribution < 1.29 is 9.59 Å². The molecule has 4 rings (SSSR count). The van der Waals surface area contributed by atoms with Crippen molar-refractivity contribution in [3.8, 4) is 11.1 Å². The first kappa shape index (κ1) is 21.0. The van der Waals surface area contributed by atoms with Gasteiger partial charge in [-0.25, -0.2) is 4.98 Å². The Balaban J connectivity index is 1.77. The van der Waals surface area contributed by atoms with E-state index in [9.17, 15) is 9.59 Å². The normalized spacial score (nSPS) is 10.6. The summed E-state index contributed by atoms with van der Waals surface area (Å²) in [7, 11) is 0. The van der Waals surface area contributed by atoms with Crippen LogP contribution >= 0.6 is 0 Å². The largest absolute Gasteiger partial charge is 0.340 e. The van der Waals surface area contributed by atoms with Crippen molar-refractivity contribution in [3.63, 3.8) is 0 Å². The highest BCUT2D eigenvalue weighted by Crippen LogP contribution is 2.30. The first-order valence-electron chi connectivity index (χ1n) is 10.2. The number of carbonyl (C=O) groups is 2. The van der Waals surface area contributed by atoms with Crippen molar-refractivity contribution in [1.82, 2.24) is 9.97 Å². The number of anilines is 4. The molecule has 0 atom stereocenters. The van der Waals surface area contributed by atoms with Crippen LogP contribution in [0, 0.1) is 6.92 Å². The Morgan fingerprint density at radius 3 is 2.16 bits per heavy atom. The van der Waals surface area contributed by atoms with Gasteiger partial charge < -0.3 is 10.6 Å². The Kier molecular flexibility index (Phi) is 5.81. The summed E-state index contributed by atoms with van der Waals surface area (Å²) in [4.78, 5) is 31.9. The summed E-state index contributed by atoms with van der Waals surface area (Å²) in [5.41, 5.74) is 5.44. The monoisotopic (exact) mass is 425 g/mol. The van der Waals surface area contributed by atoms with E-state index in [0.29, 0.717) is 11.3 Å². The minimum Gasteiger partial charge on any atom is -0.340 e. The van der Waals surface area contributed by atoms with E-state index < -0.39 is 0 Å². The lowest BCUT2D eigenvalue weighted by Crippen LogP contribution is -2.10. The average molecular weight is 425 g/mol. The fraction of sp³-hybridized carbons (Fsp3) is 0.120. The molecule has 7 heteroatoms. The molecule has 3 aromatic carbocycles. The van der Waals surface area contributed by atoms with Crippen LogP contribution in [0.4, 0.5) is 23.1 Å². The highest BCUT2D eigenvalue weighted by molar-refractivity contribution is 5.96. The first-order valence-corrected chi connectivity index (χ1v) is 10.2. The number of aromatic nitrogens is 2. The smallest absolute Gasteiger partial charge is 0.231 e. The highest BCUT2D eigenvalue weighted by atomic mass is 16.2. The van der Waals surface area contributed by atoms with Crippen molar-refractivity contribution >= 4 is 45.9 Å². The van der Waals surface area contributed by atoms with Crippen molar-refractivity contribution in [3.05, 3.63) is 72.3 Å². The Hall–Kier alpha value is -4.26. The molecule has 2 amide bonds. The van der Waals surface area contributed by atoms with E-state index in [2.05, 4.69) is 25.9 Å². The van der Waals surface area contributed by atoms with Crippen LogP contribution < -0.4 is 16.0 Å². The second-order valence-electron chi connectivity index (χ2n) is 7.56. The van der Waals surface area contributed by atoms with Crippen LogP contribution in [0.5, 0.6) is 0 Å². The van der Waals surface area contributed by atoms with E-state index in [1.54, 1.807) is 0 Å². The first-order chi connectivity index (χ1) is 15.4. The van der Waals surface area contributed by atoms with Gasteiger partial charge in [0.05, 0.1) is 5.52 Å². The lowest BCUT2D eigenvalue weighted by atomic mass is 10.0. The van der Waals surface area contributed by atoms with E-state index >= 15 is 0 Å². The maximum atomic E-state index is 11.6. The molecule has 0 radical (unpaired) electrons. The number of hydrogen-bond donors (Lipinski definition) is 3. The Morgan fingerprint density at radius 1 is 0.750 bits per heavy atom. The molecule has 4 aromatic rings. The molecule has 3 N–H and O–H groups in total. The van der Waals surface area contributed by atoms with Gasteiger partial charge >= 0.3 is 0 Å². The maximum absolute atomic E-state index is 11.6. The van der Waals surface area contributed by atoms with Gasteiger partial charge in [0, 0.05) is 30.6 Å². The second-order valence-corrected chi connectivity index (χ2v) is 7.56. The molecule has 0 aliphatic rings. The summed E-state index contributed by atoms with van der Waals surface area (Å²) >= 11 is 0. The van der Waals surface area contributed by atoms with Gasteiger partial charge in [-0.3, -0.25) is 14.9 Å². The fourth-order valence-corrected chi connectivity index (χ4v) is 3.43. The van der Waals surface area contributed by atoms with Gasteiger partial charge in [-0.15, -0.1) is 0 Å². The predicted octanol–water partition coefficient (Wildman–Crippen LogP) is 5.27. The molecule has 32 heavy (non-hydrogen) atoms. The molecule has 0 bridgehead atoms. The SMILES string of the molecule is CC(=O)Nc1ccc(-c2ccc3nc(NC(C)=O)nc(Nc4cccc(C)c4)c3c2)cc1. The van der Waals surface area contributed by atoms with E-state index in [1.165, 1.54) is 13.8 Å². The van der Waals surface area contributed by atoms with Gasteiger partial charge in [-0.05, 0) is 60.0 Å². The van der Waals surface area contributed by atoms with Crippen LogP contribution in [0.2, 0.25) is 0 Å². The van der Waals surface area contributed by atoms with Crippen LogP contribution in [-0.2, 0) is 9.59 Å². The van der Waals surface area contributed by atoms with Gasteiger partial charge in [0.1, 0.15) is 5.82 Å². The van der Waals surface area contributed by atoms with E-state index in [0.717, 1.165) is 33.5 Å². The maximum Gasteiger partial charge on any atom is 0.231 e. The van der Waals surface area contributed by atoms with Gasteiger partial charge in [0.2, 0.25) is 17.8 Å². The number of aryl methyl sites for hydroxylation is 1. The molecule has 0 spiro atoms. The zero-order valence-electron chi connectivity index (χ0n) is 18.1. The Labute approximate surface area is 185 Å². The minimum absolute atomic E-state index is 0.109. The standard InChI is InChI=1S/C25H23N5O2/c1-15-5-4-6-21(13-15)28-24-22-14-19(18-7-10-20(11-8-18)26-16(2)31)9-12-23(22)29-25(30-24)27-17(3)32/h4-14H,1-3H3,(H,26,31)(H2,27,28,29,30,32). The zero-order valence-corrected chi connectivity index (χ0v) is 18.1. The lowest BCUT2D eigenvalue weighted by molar-refractivity contribution is -0.115. The molecule has 1 heterocycles. The third kappa shape index (κ3) is 4.89. The van der Waals surface area contributed by atoms with Gasteiger partial charge in [-0.2, -0.15) is 4.98 Å². The molecule has 1 aromatic heterocycles. The molecule has 0 fully saturated rings. The van der Waals surface area contributed by atoms with Crippen molar-refractivity contribution in [2.45, 2.75) is 20.8 Å². The van der Waals surface area contributed by atoms with Crippen molar-refractivity contribution in [1.29, 1.82) is 0 Å². The molecular formula is C25H23N5O2. The molecule has 0 unspecified atom stereocenters. The van der Waals surface area contributed by atoms with Crippen LogP contribution in [0.1, 0.15) is 19.4 Å². The summed E-state index contributed by atoms with van der Waals surface area (Å²) in [6.45, 7) is 4.93. The number of fused-ring (bicyclic) bond motifs is 1. The molecule has 0 aliphatic carbocycles. The number of nitrogens with one attached hydrogen (secondary N) is 3. The summed E-state index contributed by atoms with van der Waals surface area (Å²) in [6, 6.07) is 21.5. The quantitative estimate of drug-likeness (QED) is 0.405. The van der Waals surface area contributed by atoms with Gasteiger partial charge in [0.25, 0.3) is 0 Å². The fourth-order valence-electron chi connectivity index (χ4n) is 3.43. The molecule has 0 saturated heterocycles. The van der Waals surface area contributed by atoms with Gasteiger partial charge in [-0.1, -0.05) is 30.3 Å². The topological polar surface area (TPSA) is 96.0 Å². The lowest BCUT2D eigenvalue weighted by Gasteiger charge is -2.13. The molecule has 0 saturated carbocycles. The predicted molar refractivity (Wildman–Crippen MR) is 128 cm³/mol. The summed E-state index contributed by atoms with van der Waals surface area (Å²) in [5.74, 6) is 0.498. The Morgan fingerprint density at radius 2 is 1.47 bits per heavy atom. The second kappa shape index (κ2) is 8.85. The number of hydrogen-bond acceptors (Lipinski definition) is 5. The highest BCUT2D eigenvalue weighted by Gasteiger charge is 2.11. The molecule has 160 valence electrons. The van der Waals surface area contributed by atoms with Crippen LogP contribution in [0.25, 0.3) is 22.0 Å². The number of benzene rings is 3.